The Morgan fingerprint density at radius 3 is 2.43 bits per heavy atom. The lowest BCUT2D eigenvalue weighted by Crippen LogP contribution is -2.06. The molecule has 21 heavy (non-hydrogen) atoms. The zero-order valence-electron chi connectivity index (χ0n) is 11.7. The first-order valence-electron chi connectivity index (χ1n) is 6.63. The molecule has 0 bridgehead atoms. The van der Waals surface area contributed by atoms with Gasteiger partial charge in [-0.15, -0.1) is 0 Å². The van der Waals surface area contributed by atoms with Gasteiger partial charge in [0.25, 0.3) is 0 Å². The van der Waals surface area contributed by atoms with E-state index in [1.54, 1.807) is 18.2 Å². The van der Waals surface area contributed by atoms with Gasteiger partial charge >= 0.3 is 0 Å². The summed E-state index contributed by atoms with van der Waals surface area (Å²) in [6.45, 7) is 3.03. The van der Waals surface area contributed by atoms with E-state index in [4.69, 9.17) is 38.4 Å². The summed E-state index contributed by atoms with van der Waals surface area (Å²) < 4.78 is 11.3. The summed E-state index contributed by atoms with van der Waals surface area (Å²) in [6.07, 6.45) is 0.733. The maximum Gasteiger partial charge on any atom is 0.139 e. The van der Waals surface area contributed by atoms with Gasteiger partial charge in [-0.1, -0.05) is 29.3 Å². The van der Waals surface area contributed by atoms with Gasteiger partial charge in [-0.05, 0) is 30.7 Å². The molecule has 112 valence electrons. The quantitative estimate of drug-likeness (QED) is 0.616. The zero-order chi connectivity index (χ0) is 15.2. The van der Waals surface area contributed by atoms with Gasteiger partial charge in [0.05, 0.1) is 18.2 Å². The van der Waals surface area contributed by atoms with Crippen molar-refractivity contribution in [3.63, 3.8) is 0 Å². The molecule has 0 radical (unpaired) electrons. The highest BCUT2D eigenvalue weighted by Crippen LogP contribution is 2.27. The third kappa shape index (κ3) is 4.73. The molecular formula is C16H17Cl2NO2. The topological polar surface area (TPSA) is 44.5 Å². The molecule has 0 aliphatic rings. The maximum atomic E-state index is 6.01. The lowest BCUT2D eigenvalue weighted by molar-refractivity contribution is 0.247. The van der Waals surface area contributed by atoms with Crippen molar-refractivity contribution in [2.45, 2.75) is 13.3 Å². The summed E-state index contributed by atoms with van der Waals surface area (Å²) in [5.41, 5.74) is 7.48. The van der Waals surface area contributed by atoms with Crippen molar-refractivity contribution in [1.82, 2.24) is 0 Å². The van der Waals surface area contributed by atoms with Crippen molar-refractivity contribution in [2.75, 3.05) is 18.9 Å². The lowest BCUT2D eigenvalue weighted by atomic mass is 10.2. The molecule has 2 N–H and O–H groups in total. The number of rotatable bonds is 6. The molecule has 0 aromatic heterocycles. The van der Waals surface area contributed by atoms with E-state index in [1.807, 2.05) is 25.1 Å². The second-order valence-electron chi connectivity index (χ2n) is 4.65. The van der Waals surface area contributed by atoms with Crippen LogP contribution in [0, 0.1) is 6.92 Å². The second-order valence-corrected chi connectivity index (χ2v) is 5.49. The van der Waals surface area contributed by atoms with E-state index in [0.717, 1.165) is 17.7 Å². The minimum absolute atomic E-state index is 0.501. The predicted octanol–water partition coefficient (Wildman–Crippen LogP) is 4.73. The molecule has 0 saturated heterocycles. The van der Waals surface area contributed by atoms with Crippen LogP contribution in [0.5, 0.6) is 11.5 Å². The van der Waals surface area contributed by atoms with Crippen LogP contribution < -0.4 is 15.2 Å². The van der Waals surface area contributed by atoms with Crippen LogP contribution in [0.15, 0.2) is 36.4 Å². The van der Waals surface area contributed by atoms with Crippen LogP contribution in [-0.4, -0.2) is 13.2 Å². The minimum atomic E-state index is 0.501. The van der Waals surface area contributed by atoms with Crippen molar-refractivity contribution in [1.29, 1.82) is 0 Å². The molecule has 0 atom stereocenters. The number of hydrogen-bond donors (Lipinski definition) is 1. The van der Waals surface area contributed by atoms with Crippen molar-refractivity contribution >= 4 is 28.9 Å². The van der Waals surface area contributed by atoms with Gasteiger partial charge in [0.15, 0.2) is 0 Å². The average molecular weight is 326 g/mol. The van der Waals surface area contributed by atoms with Gasteiger partial charge in [-0.3, -0.25) is 0 Å². The molecule has 0 amide bonds. The molecule has 2 aromatic rings. The van der Waals surface area contributed by atoms with Gasteiger partial charge in [-0.2, -0.15) is 0 Å². The van der Waals surface area contributed by atoms with Gasteiger partial charge in [-0.25, -0.2) is 0 Å². The van der Waals surface area contributed by atoms with E-state index in [2.05, 4.69) is 0 Å². The molecule has 0 fully saturated rings. The Morgan fingerprint density at radius 2 is 1.67 bits per heavy atom. The van der Waals surface area contributed by atoms with Crippen LogP contribution >= 0.6 is 23.2 Å². The van der Waals surface area contributed by atoms with E-state index in [9.17, 15) is 0 Å². The largest absolute Gasteiger partial charge is 0.493 e. The molecule has 3 nitrogen and oxygen atoms in total. The molecule has 0 unspecified atom stereocenters. The summed E-state index contributed by atoms with van der Waals surface area (Å²) >= 11 is 11.9. The first kappa shape index (κ1) is 15.8. The van der Waals surface area contributed by atoms with Crippen molar-refractivity contribution in [2.24, 2.45) is 0 Å². The maximum absolute atomic E-state index is 6.01. The van der Waals surface area contributed by atoms with Crippen LogP contribution in [0.25, 0.3) is 0 Å². The zero-order valence-corrected chi connectivity index (χ0v) is 13.2. The number of anilines is 1. The standard InChI is InChI=1S/C16H17Cl2NO2/c1-11-3-5-13(19)10-15(11)20-7-2-8-21-16-9-12(17)4-6-14(16)18/h3-6,9-10H,2,7-8,19H2,1H3. The summed E-state index contributed by atoms with van der Waals surface area (Å²) in [5.74, 6) is 1.39. The highest BCUT2D eigenvalue weighted by molar-refractivity contribution is 6.34. The number of aryl methyl sites for hydroxylation is 1. The van der Waals surface area contributed by atoms with Crippen molar-refractivity contribution in [3.8, 4) is 11.5 Å². The number of benzene rings is 2. The van der Waals surface area contributed by atoms with E-state index in [-0.39, 0.29) is 0 Å². The number of nitrogen functional groups attached to an aromatic ring is 1. The van der Waals surface area contributed by atoms with Crippen LogP contribution in [0.2, 0.25) is 10.0 Å². The monoisotopic (exact) mass is 325 g/mol. The van der Waals surface area contributed by atoms with E-state index >= 15 is 0 Å². The van der Waals surface area contributed by atoms with Crippen LogP contribution in [0.4, 0.5) is 5.69 Å². The number of nitrogens with two attached hydrogens (primary N) is 1. The first-order valence-corrected chi connectivity index (χ1v) is 7.38. The van der Waals surface area contributed by atoms with Crippen LogP contribution in [0.3, 0.4) is 0 Å². The number of halogens is 2. The predicted molar refractivity (Wildman–Crippen MR) is 87.7 cm³/mol. The van der Waals surface area contributed by atoms with Gasteiger partial charge in [0, 0.05) is 29.3 Å². The van der Waals surface area contributed by atoms with E-state index in [1.165, 1.54) is 0 Å². The third-order valence-corrected chi connectivity index (χ3v) is 3.46. The van der Waals surface area contributed by atoms with Crippen LogP contribution in [0.1, 0.15) is 12.0 Å². The Bertz CT molecular complexity index is 564. The number of hydrogen-bond acceptors (Lipinski definition) is 3. The first-order chi connectivity index (χ1) is 10.1. The third-order valence-electron chi connectivity index (χ3n) is 2.91. The molecule has 0 aliphatic carbocycles. The number of ether oxygens (including phenoxy) is 2. The Kier molecular flexibility index (Phi) is 5.59. The molecule has 0 aliphatic heterocycles. The molecule has 5 heteroatoms. The average Bonchev–Trinajstić information content (AvgIpc) is 2.45. The van der Waals surface area contributed by atoms with Crippen molar-refractivity contribution < 1.29 is 9.47 Å². The molecule has 0 spiro atoms. The lowest BCUT2D eigenvalue weighted by Gasteiger charge is -2.11. The summed E-state index contributed by atoms with van der Waals surface area (Å²) in [7, 11) is 0. The Balaban J connectivity index is 1.77. The van der Waals surface area contributed by atoms with E-state index < -0.39 is 0 Å². The van der Waals surface area contributed by atoms with Crippen LogP contribution in [-0.2, 0) is 0 Å². The molecule has 2 aromatic carbocycles. The molecule has 0 heterocycles. The highest BCUT2D eigenvalue weighted by Gasteiger charge is 2.03. The Labute approximate surface area is 134 Å². The van der Waals surface area contributed by atoms with Gasteiger partial charge in [0.2, 0.25) is 0 Å². The van der Waals surface area contributed by atoms with E-state index in [0.29, 0.717) is 34.7 Å². The fourth-order valence-corrected chi connectivity index (χ4v) is 2.12. The summed E-state index contributed by atoms with van der Waals surface area (Å²) in [4.78, 5) is 0. The van der Waals surface area contributed by atoms with Gasteiger partial charge in [0.1, 0.15) is 11.5 Å². The van der Waals surface area contributed by atoms with Crippen molar-refractivity contribution in [3.05, 3.63) is 52.0 Å². The Hall–Kier alpha value is -1.58. The smallest absolute Gasteiger partial charge is 0.139 e. The second kappa shape index (κ2) is 7.43. The highest BCUT2D eigenvalue weighted by atomic mass is 35.5. The van der Waals surface area contributed by atoms with Gasteiger partial charge < -0.3 is 15.2 Å². The fourth-order valence-electron chi connectivity index (χ4n) is 1.78. The fraction of sp³-hybridized carbons (Fsp3) is 0.250. The Morgan fingerprint density at radius 1 is 0.952 bits per heavy atom. The molecule has 0 saturated carbocycles. The normalized spacial score (nSPS) is 10.4. The molecule has 2 rings (SSSR count). The summed E-state index contributed by atoms with van der Waals surface area (Å²) in [5, 5.41) is 1.15. The summed E-state index contributed by atoms with van der Waals surface area (Å²) in [6, 6.07) is 10.8. The molecular weight excluding hydrogens is 309 g/mol. The minimum Gasteiger partial charge on any atom is -0.493 e. The SMILES string of the molecule is Cc1ccc(N)cc1OCCCOc1cc(Cl)ccc1Cl.